The maximum atomic E-state index is 11.4. The van der Waals surface area contributed by atoms with Crippen LogP contribution >= 0.6 is 139 Å². The summed E-state index contributed by atoms with van der Waals surface area (Å²) in [5.74, 6) is 1.90. The average Bonchev–Trinajstić information content (AvgIpc) is 0.949. The summed E-state index contributed by atoms with van der Waals surface area (Å²) < 4.78 is 29.4. The Kier molecular flexibility index (Phi) is 45.1. The van der Waals surface area contributed by atoms with Gasteiger partial charge in [-0.15, -0.1) is 5.16 Å². The maximum absolute atomic E-state index is 11.4. The molecule has 2 heterocycles. The fraction of sp³-hybridized carbons (Fsp3) is 0.287. The molecule has 2 aliphatic rings. The number of benzene rings is 10. The van der Waals surface area contributed by atoms with Crippen LogP contribution in [0.2, 0.25) is 60.3 Å². The topological polar surface area (TPSA) is 112 Å². The van der Waals surface area contributed by atoms with Gasteiger partial charge in [0, 0.05) is 117 Å². The number of rotatable bonds is 19. The van der Waals surface area contributed by atoms with Gasteiger partial charge < -0.3 is 43.4 Å². The minimum atomic E-state index is -0.142. The van der Waals surface area contributed by atoms with E-state index in [4.69, 9.17) is 173 Å². The molecule has 4 atom stereocenters. The summed E-state index contributed by atoms with van der Waals surface area (Å²) in [4.78, 5) is 20.3. The Morgan fingerprint density at radius 3 is 1.30 bits per heavy atom. The van der Waals surface area contributed by atoms with Crippen molar-refractivity contribution in [2.24, 2.45) is 22.9 Å². The monoisotopic (exact) mass is 1730 g/mol. The summed E-state index contributed by atoms with van der Waals surface area (Å²) in [6.07, 6.45) is -0.349. The quantitative estimate of drug-likeness (QED) is 0.0625. The molecule has 1 amide bonds. The number of ether oxygens (including phenoxy) is 5. The van der Waals surface area contributed by atoms with Crippen molar-refractivity contribution < 1.29 is 38.4 Å². The van der Waals surface area contributed by atoms with Crippen LogP contribution in [0.15, 0.2) is 242 Å². The molecule has 110 heavy (non-hydrogen) atoms. The second-order valence-electron chi connectivity index (χ2n) is 25.8. The predicted octanol–water partition coefficient (Wildman–Crippen LogP) is 27.5. The lowest BCUT2D eigenvalue weighted by Gasteiger charge is -2.35. The molecule has 0 aromatic heterocycles. The molecule has 10 aromatic rings. The van der Waals surface area contributed by atoms with Gasteiger partial charge in [0.15, 0.2) is 6.29 Å². The number of nitrogens with zero attached hydrogens (tertiary/aromatic N) is 3. The lowest BCUT2D eigenvalue weighted by atomic mass is 9.99. The molecule has 10 aromatic carbocycles. The molecule has 588 valence electrons. The molecule has 12 rings (SSSR count). The molecule has 2 fully saturated rings. The first kappa shape index (κ1) is 94.6. The Bertz CT molecular complexity index is 4220. The Morgan fingerprint density at radius 1 is 0.482 bits per heavy atom. The number of aliphatic hydroxyl groups excluding tert-OH is 1. The second kappa shape index (κ2) is 52.4. The summed E-state index contributed by atoms with van der Waals surface area (Å²) in [5.41, 5.74) is 8.06. The van der Waals surface area contributed by atoms with Gasteiger partial charge in [-0.3, -0.25) is 4.79 Å². The van der Waals surface area contributed by atoms with Gasteiger partial charge >= 0.3 is 0 Å². The highest BCUT2D eigenvalue weighted by Gasteiger charge is 2.29. The number of hydrogen-bond donors (Lipinski definition) is 1. The van der Waals surface area contributed by atoms with Crippen LogP contribution in [0.25, 0.3) is 0 Å². The van der Waals surface area contributed by atoms with E-state index in [1.165, 1.54) is 5.56 Å². The van der Waals surface area contributed by atoms with Crippen molar-refractivity contribution in [3.8, 4) is 5.75 Å². The zero-order valence-electron chi connectivity index (χ0n) is 62.5. The van der Waals surface area contributed by atoms with Crippen LogP contribution in [0.5, 0.6) is 5.75 Å². The second-order valence-corrected chi connectivity index (χ2v) is 30.9. The van der Waals surface area contributed by atoms with Gasteiger partial charge in [0.05, 0.1) is 38.6 Å². The van der Waals surface area contributed by atoms with Crippen LogP contribution in [-0.2, 0) is 55.0 Å². The van der Waals surface area contributed by atoms with Crippen LogP contribution in [-0.4, -0.2) is 74.4 Å². The van der Waals surface area contributed by atoms with Crippen molar-refractivity contribution >= 4 is 158 Å². The summed E-state index contributed by atoms with van der Waals surface area (Å²) in [6, 6.07) is 73.6. The number of oxime groups is 1. The molecule has 2 saturated heterocycles. The largest absolute Gasteiger partial charge is 0.491 e. The van der Waals surface area contributed by atoms with E-state index in [1.54, 1.807) is 67.6 Å². The van der Waals surface area contributed by atoms with Crippen LogP contribution < -0.4 is 9.64 Å². The van der Waals surface area contributed by atoms with Crippen molar-refractivity contribution in [3.63, 3.8) is 0 Å². The number of hydrogen-bond acceptors (Lipinski definition) is 10. The highest BCUT2D eigenvalue weighted by Crippen LogP contribution is 2.37. The van der Waals surface area contributed by atoms with E-state index in [0.29, 0.717) is 95.1 Å². The summed E-state index contributed by atoms with van der Waals surface area (Å²) in [6.45, 7) is 25.1. The zero-order chi connectivity index (χ0) is 80.5. The van der Waals surface area contributed by atoms with Crippen LogP contribution in [0, 0.1) is 24.7 Å². The van der Waals surface area contributed by atoms with E-state index >= 15 is 0 Å². The number of aliphatic hydroxyl groups is 1. The van der Waals surface area contributed by atoms with E-state index in [0.717, 1.165) is 81.0 Å². The van der Waals surface area contributed by atoms with E-state index < -0.39 is 0 Å². The molecule has 23 heteroatoms. The minimum Gasteiger partial charge on any atom is -0.491 e. The maximum Gasteiger partial charge on any atom is 0.219 e. The fourth-order valence-corrected chi connectivity index (χ4v) is 12.8. The van der Waals surface area contributed by atoms with E-state index in [9.17, 15) is 4.79 Å². The van der Waals surface area contributed by atoms with Gasteiger partial charge in [-0.1, -0.05) is 308 Å². The third-order valence-electron chi connectivity index (χ3n) is 16.0. The highest BCUT2D eigenvalue weighted by molar-refractivity contribution is 6.37. The van der Waals surface area contributed by atoms with E-state index in [2.05, 4.69) is 70.4 Å². The molecule has 0 aliphatic carbocycles. The third-order valence-corrected chi connectivity index (χ3v) is 19.3. The van der Waals surface area contributed by atoms with Crippen LogP contribution in [0.4, 0.5) is 5.69 Å². The van der Waals surface area contributed by atoms with Crippen molar-refractivity contribution in [3.05, 3.63) is 336 Å². The van der Waals surface area contributed by atoms with Gasteiger partial charge in [0.2, 0.25) is 5.91 Å². The number of anilines is 1. The van der Waals surface area contributed by atoms with Crippen LogP contribution in [0.3, 0.4) is 0 Å². The lowest BCUT2D eigenvalue weighted by Crippen LogP contribution is -2.48. The van der Waals surface area contributed by atoms with Crippen molar-refractivity contribution in [2.45, 2.75) is 106 Å². The molecule has 4 unspecified atom stereocenters. The molecule has 0 bridgehead atoms. The number of halogens is 12. The normalized spacial score (nSPS) is 13.9. The lowest BCUT2D eigenvalue weighted by molar-refractivity contribution is -0.129. The first-order valence-corrected chi connectivity index (χ1v) is 39.8. The number of piperazine rings is 1. The van der Waals surface area contributed by atoms with E-state index in [1.807, 2.05) is 176 Å². The van der Waals surface area contributed by atoms with Crippen molar-refractivity contribution in [1.29, 1.82) is 0 Å². The highest BCUT2D eigenvalue weighted by atomic mass is 35.5. The Morgan fingerprint density at radius 2 is 0.900 bits per heavy atom. The van der Waals surface area contributed by atoms with Crippen molar-refractivity contribution in [2.75, 3.05) is 44.3 Å². The summed E-state index contributed by atoms with van der Waals surface area (Å²) >= 11 is 70.7. The van der Waals surface area contributed by atoms with Crippen LogP contribution in [0.1, 0.15) is 99.6 Å². The Balaban J connectivity index is 0.000000236. The van der Waals surface area contributed by atoms with Gasteiger partial charge in [-0.25, -0.2) is 0 Å². The smallest absolute Gasteiger partial charge is 0.219 e. The Labute approximate surface area is 709 Å². The molecular formula is C87H93Cl12N3O8. The summed E-state index contributed by atoms with van der Waals surface area (Å²) in [7, 11) is 0. The third kappa shape index (κ3) is 36.9. The number of aryl methyl sites for hydroxylation is 1. The first-order chi connectivity index (χ1) is 52.6. The average molecular weight is 1730 g/mol. The minimum absolute atomic E-state index is 0.00765. The predicted molar refractivity (Wildman–Crippen MR) is 464 cm³/mol. The first-order valence-electron chi connectivity index (χ1n) is 35.2. The van der Waals surface area contributed by atoms with Crippen molar-refractivity contribution in [1.82, 2.24) is 4.90 Å². The zero-order valence-corrected chi connectivity index (χ0v) is 71.6. The number of amides is 1. The molecular weight excluding hydrogens is 1640 g/mol. The number of carbonyl (C=O) groups excluding carboxylic acids is 1. The van der Waals surface area contributed by atoms with Gasteiger partial charge in [0.1, 0.15) is 25.1 Å². The SMILES string of the molecule is C=NOCc1ccc(Cl)cc1Cl.CC(=O)N1CCN(c2ccc(OCC3COC(C(C)C)O3)cc2)CC1.CC(C)C(OCc1ccc(Cl)cc1)c1ccc(Cl)cc1Cl.CC(C)C(OCc1ccc(Cl)cc1Cl)c1ccc(Cl)cc1Cl.Cc1ccc(CO)cc1.Clc1cccc(Cl)c1.Clc1ccccc1.c1ccccc1. The van der Waals surface area contributed by atoms with E-state index in [-0.39, 0.29) is 43.0 Å². The molecule has 1 N–H and O–H groups in total. The molecule has 0 saturated carbocycles. The molecule has 2 aliphatic heterocycles. The van der Waals surface area contributed by atoms with Gasteiger partial charge in [-0.05, 0) is 162 Å². The van der Waals surface area contributed by atoms with Gasteiger partial charge in [0.25, 0.3) is 0 Å². The molecule has 11 nitrogen and oxygen atoms in total. The summed E-state index contributed by atoms with van der Waals surface area (Å²) in [5, 5.41) is 19.6. The fourth-order valence-electron chi connectivity index (χ4n) is 10.2. The number of carbonyl (C=O) groups is 1. The molecule has 0 spiro atoms. The molecule has 0 radical (unpaired) electrons. The van der Waals surface area contributed by atoms with Gasteiger partial charge in [-0.2, -0.15) is 0 Å². The Hall–Kier alpha value is -5.98. The standard InChI is InChI=1S/C19H28N2O4.C17H16Cl4O.C17H17Cl3O.C8H7Cl2NO.C8H10O.C6H4Cl2.C6H5Cl.C6H6/c1-14(2)19-24-13-18(25-19)12-23-17-6-4-16(5-7-17)21-10-8-20(9-11-21)15(3)22;1-10(2)17(14-6-5-13(19)8-16(14)21)22-9-11-3-4-12(18)7-15(11)20;1-11(2)17(15-8-7-14(19)9-16(15)20)21-10-12-3-5-13(18)6-4-12;1-11-12-5-6-2-3-7(9)4-8(6)10;1-7-2-4-8(6-9)5-3-7;7-5-2-1-3-6(8)4-5;7-6-4-2-1-3-5-6;1-2-4-6-5-3-1/h4-7,14,18-19H,8-13H2,1-3H3;3-8,10,17H,9H2,1-2H3;3-9,11,17H,10H2,1-2H3;2-4H,1,5H2;2-5,9H,6H2,1H3;1-4H;1-5H;1-6H.